The van der Waals surface area contributed by atoms with Crippen molar-refractivity contribution in [1.29, 1.82) is 0 Å². The van der Waals surface area contributed by atoms with Crippen molar-refractivity contribution in [3.05, 3.63) is 51.0 Å². The number of carbonyl (C=O) groups is 1. The molecule has 1 fully saturated rings. The highest BCUT2D eigenvalue weighted by Crippen LogP contribution is 2.31. The molecule has 0 aliphatic carbocycles. The number of nitrogens with zero attached hydrogens (tertiary/aromatic N) is 1. The van der Waals surface area contributed by atoms with E-state index in [1.54, 1.807) is 6.07 Å². The number of halogens is 2. The molecule has 1 atom stereocenters. The van der Waals surface area contributed by atoms with Gasteiger partial charge in [-0.25, -0.2) is 8.42 Å². The van der Waals surface area contributed by atoms with Gasteiger partial charge in [0.05, 0.1) is 22.4 Å². The van der Waals surface area contributed by atoms with Crippen molar-refractivity contribution in [3.63, 3.8) is 0 Å². The molecule has 1 N–H and O–H groups in total. The highest BCUT2D eigenvalue weighted by atomic mass is 79.9. The molecule has 9 heteroatoms. The third kappa shape index (κ3) is 5.42. The highest BCUT2D eigenvalue weighted by molar-refractivity contribution is 9.10. The first-order valence-electron chi connectivity index (χ1n) is 10.1. The molecule has 2 aromatic rings. The molecule has 6 nitrogen and oxygen atoms in total. The molecule has 1 amide bonds. The van der Waals surface area contributed by atoms with Crippen molar-refractivity contribution in [3.8, 4) is 5.75 Å². The highest BCUT2D eigenvalue weighted by Gasteiger charge is 2.34. The van der Waals surface area contributed by atoms with Gasteiger partial charge < -0.3 is 10.1 Å². The zero-order valence-electron chi connectivity index (χ0n) is 17.7. The monoisotopic (exact) mass is 528 g/mol. The van der Waals surface area contributed by atoms with E-state index in [-0.39, 0.29) is 22.4 Å². The number of hydrogen-bond acceptors (Lipinski definition) is 4. The van der Waals surface area contributed by atoms with E-state index >= 15 is 0 Å². The van der Waals surface area contributed by atoms with Gasteiger partial charge in [-0.1, -0.05) is 27.5 Å². The number of ether oxygens (including phenoxy) is 1. The van der Waals surface area contributed by atoms with E-state index in [2.05, 4.69) is 21.2 Å². The molecule has 1 aliphatic heterocycles. The van der Waals surface area contributed by atoms with Crippen LogP contribution in [0, 0.1) is 19.8 Å². The van der Waals surface area contributed by atoms with Crippen molar-refractivity contribution in [1.82, 2.24) is 4.31 Å². The van der Waals surface area contributed by atoms with Gasteiger partial charge in [0.2, 0.25) is 15.9 Å². The molecular formula is C22H26BrClN2O4S. The lowest BCUT2D eigenvalue weighted by Gasteiger charge is -2.31. The second-order valence-electron chi connectivity index (χ2n) is 7.63. The van der Waals surface area contributed by atoms with E-state index in [4.69, 9.17) is 16.3 Å². The number of aryl methyl sites for hydroxylation is 2. The van der Waals surface area contributed by atoms with Crippen LogP contribution in [0.4, 0.5) is 5.69 Å². The van der Waals surface area contributed by atoms with E-state index < -0.39 is 15.9 Å². The van der Waals surface area contributed by atoms with Gasteiger partial charge >= 0.3 is 0 Å². The SMILES string of the molecule is CCOc1ccc(S(=O)(=O)N2CCCC(C(=O)Nc3c(C)cc(Br)cc3C)C2)cc1Cl. The molecule has 0 spiro atoms. The van der Waals surface area contributed by atoms with Gasteiger partial charge in [-0.2, -0.15) is 4.31 Å². The Hall–Kier alpha value is -1.61. The van der Waals surface area contributed by atoms with Gasteiger partial charge in [0, 0.05) is 23.2 Å². The van der Waals surface area contributed by atoms with Crippen LogP contribution in [0.25, 0.3) is 0 Å². The molecule has 2 aromatic carbocycles. The summed E-state index contributed by atoms with van der Waals surface area (Å²) in [6.07, 6.45) is 1.25. The maximum Gasteiger partial charge on any atom is 0.243 e. The van der Waals surface area contributed by atoms with Crippen LogP contribution in [0.5, 0.6) is 5.75 Å². The lowest BCUT2D eigenvalue weighted by molar-refractivity contribution is -0.120. The third-order valence-corrected chi connectivity index (χ3v) is 7.96. The largest absolute Gasteiger partial charge is 0.492 e. The lowest BCUT2D eigenvalue weighted by Crippen LogP contribution is -2.43. The number of nitrogens with one attached hydrogen (secondary N) is 1. The molecular weight excluding hydrogens is 504 g/mol. The van der Waals surface area contributed by atoms with Gasteiger partial charge in [-0.15, -0.1) is 0 Å². The Morgan fingerprint density at radius 1 is 1.26 bits per heavy atom. The molecule has 1 saturated heterocycles. The summed E-state index contributed by atoms with van der Waals surface area (Å²) in [5.74, 6) is -0.151. The summed E-state index contributed by atoms with van der Waals surface area (Å²) < 4.78 is 34.0. The number of rotatable bonds is 6. The fourth-order valence-electron chi connectivity index (χ4n) is 3.77. The van der Waals surface area contributed by atoms with Crippen LogP contribution < -0.4 is 10.1 Å². The normalized spacial score (nSPS) is 17.4. The Balaban J connectivity index is 1.77. The molecule has 3 rings (SSSR count). The van der Waals surface area contributed by atoms with Gasteiger partial charge in [-0.3, -0.25) is 4.79 Å². The van der Waals surface area contributed by atoms with Crippen molar-refractivity contribution < 1.29 is 17.9 Å². The fraction of sp³-hybridized carbons (Fsp3) is 0.409. The molecule has 0 aromatic heterocycles. The summed E-state index contributed by atoms with van der Waals surface area (Å²) in [4.78, 5) is 13.1. The maximum absolute atomic E-state index is 13.2. The predicted octanol–water partition coefficient (Wildman–Crippen LogP) is 5.16. The second kappa shape index (κ2) is 9.90. The van der Waals surface area contributed by atoms with E-state index in [0.29, 0.717) is 31.7 Å². The van der Waals surface area contributed by atoms with Gasteiger partial charge in [-0.05, 0) is 75.1 Å². The summed E-state index contributed by atoms with van der Waals surface area (Å²) in [6, 6.07) is 8.34. The Morgan fingerprint density at radius 3 is 2.55 bits per heavy atom. The van der Waals surface area contributed by atoms with Gasteiger partial charge in [0.15, 0.2) is 0 Å². The van der Waals surface area contributed by atoms with Crippen LogP contribution in [-0.2, 0) is 14.8 Å². The van der Waals surface area contributed by atoms with E-state index in [1.165, 1.54) is 16.4 Å². The fourth-order valence-corrected chi connectivity index (χ4v) is 6.31. The summed E-state index contributed by atoms with van der Waals surface area (Å²) in [6.45, 7) is 6.63. The lowest BCUT2D eigenvalue weighted by atomic mass is 9.98. The number of benzene rings is 2. The quantitative estimate of drug-likeness (QED) is 0.561. The average Bonchev–Trinajstić information content (AvgIpc) is 2.72. The van der Waals surface area contributed by atoms with Crippen molar-refractivity contribution in [2.24, 2.45) is 5.92 Å². The molecule has 1 aliphatic rings. The van der Waals surface area contributed by atoms with Gasteiger partial charge in [0.25, 0.3) is 0 Å². The summed E-state index contributed by atoms with van der Waals surface area (Å²) in [5.41, 5.74) is 2.67. The number of carbonyl (C=O) groups excluding carboxylic acids is 1. The van der Waals surface area contributed by atoms with Crippen LogP contribution in [0.3, 0.4) is 0 Å². The number of hydrogen-bond donors (Lipinski definition) is 1. The molecule has 31 heavy (non-hydrogen) atoms. The number of anilines is 1. The number of sulfonamides is 1. The van der Waals surface area contributed by atoms with Crippen LogP contribution in [0.2, 0.25) is 5.02 Å². The first-order chi connectivity index (χ1) is 14.6. The van der Waals surface area contributed by atoms with Crippen LogP contribution in [-0.4, -0.2) is 38.3 Å². The first-order valence-corrected chi connectivity index (χ1v) is 12.7. The van der Waals surface area contributed by atoms with Gasteiger partial charge in [0.1, 0.15) is 5.75 Å². The smallest absolute Gasteiger partial charge is 0.243 e. The molecule has 0 saturated carbocycles. The molecule has 0 radical (unpaired) electrons. The minimum Gasteiger partial charge on any atom is -0.492 e. The minimum absolute atomic E-state index is 0.0987. The zero-order chi connectivity index (χ0) is 22.8. The minimum atomic E-state index is -3.77. The molecule has 1 unspecified atom stereocenters. The topological polar surface area (TPSA) is 75.7 Å². The van der Waals surface area contributed by atoms with E-state index in [0.717, 1.165) is 21.3 Å². The standard InChI is InChI=1S/C22H26BrClN2O4S/c1-4-30-20-8-7-18(12-19(20)24)31(28,29)26-9-5-6-16(13-26)22(27)25-21-14(2)10-17(23)11-15(21)3/h7-8,10-12,16H,4-6,9,13H2,1-3H3,(H,25,27). The summed E-state index contributed by atoms with van der Waals surface area (Å²) in [7, 11) is -3.77. The summed E-state index contributed by atoms with van der Waals surface area (Å²) >= 11 is 9.64. The zero-order valence-corrected chi connectivity index (χ0v) is 20.9. The van der Waals surface area contributed by atoms with Crippen molar-refractivity contribution in [2.45, 2.75) is 38.5 Å². The van der Waals surface area contributed by atoms with Crippen LogP contribution >= 0.6 is 27.5 Å². The number of piperidine rings is 1. The molecule has 0 bridgehead atoms. The maximum atomic E-state index is 13.2. The molecule has 1 heterocycles. The van der Waals surface area contributed by atoms with Crippen LogP contribution in [0.1, 0.15) is 30.9 Å². The Labute approximate surface area is 197 Å². The Kier molecular flexibility index (Phi) is 7.68. The Morgan fingerprint density at radius 2 is 1.94 bits per heavy atom. The van der Waals surface area contributed by atoms with Crippen LogP contribution in [0.15, 0.2) is 39.7 Å². The van der Waals surface area contributed by atoms with Crippen molar-refractivity contribution >= 4 is 49.1 Å². The first kappa shape index (κ1) is 24.0. The second-order valence-corrected chi connectivity index (χ2v) is 10.9. The predicted molar refractivity (Wildman–Crippen MR) is 126 cm³/mol. The third-order valence-electron chi connectivity index (χ3n) is 5.34. The summed E-state index contributed by atoms with van der Waals surface area (Å²) in [5, 5.41) is 3.24. The average molecular weight is 530 g/mol. The van der Waals surface area contributed by atoms with E-state index in [1.807, 2.05) is 32.9 Å². The van der Waals surface area contributed by atoms with Crippen molar-refractivity contribution in [2.75, 3.05) is 25.0 Å². The molecule has 168 valence electrons. The van der Waals surface area contributed by atoms with E-state index in [9.17, 15) is 13.2 Å². The number of amides is 1. The Bertz CT molecular complexity index is 1070.